The maximum absolute atomic E-state index is 11.9. The maximum atomic E-state index is 11.9. The first kappa shape index (κ1) is 10.8. The number of hydrogen-bond donors (Lipinski definition) is 2. The summed E-state index contributed by atoms with van der Waals surface area (Å²) in [6.45, 7) is 0. The molecule has 0 aromatic heterocycles. The third kappa shape index (κ3) is 2.20. The van der Waals surface area contributed by atoms with E-state index < -0.39 is 11.6 Å². The normalized spacial score (nSPS) is 21.4. The number of aliphatic carboxylic acids is 1. The van der Waals surface area contributed by atoms with Crippen molar-refractivity contribution in [3.8, 4) is 0 Å². The van der Waals surface area contributed by atoms with Crippen molar-refractivity contribution in [1.82, 2.24) is 0 Å². The van der Waals surface area contributed by atoms with Gasteiger partial charge in [0.2, 0.25) is 0 Å². The van der Waals surface area contributed by atoms with Crippen molar-refractivity contribution in [2.45, 2.75) is 37.7 Å². The zero-order valence-electron chi connectivity index (χ0n) is 10.8. The van der Waals surface area contributed by atoms with E-state index in [0.717, 1.165) is 32.1 Å². The van der Waals surface area contributed by atoms with Crippen LogP contribution < -0.4 is 0 Å². The molecule has 1 aliphatic rings. The smallest absolute Gasteiger partial charge is 0.340 e. The van der Waals surface area contributed by atoms with Crippen LogP contribution in [0.4, 0.5) is 0 Å². The molecule has 1 unspecified atom stereocenters. The molecule has 92 valence electrons. The van der Waals surface area contributed by atoms with Crippen LogP contribution in [0, 0.1) is 5.92 Å². The van der Waals surface area contributed by atoms with Gasteiger partial charge in [-0.2, -0.15) is 0 Å². The summed E-state index contributed by atoms with van der Waals surface area (Å²) in [5.41, 5.74) is -1.15. The lowest BCUT2D eigenvalue weighted by atomic mass is 9.73. The molecule has 1 saturated carbocycles. The topological polar surface area (TPSA) is 57.5 Å². The molecule has 1 aromatic carbocycles. The van der Waals surface area contributed by atoms with Gasteiger partial charge in [-0.3, -0.25) is 0 Å². The van der Waals surface area contributed by atoms with Gasteiger partial charge in [0.1, 0.15) is 0 Å². The molecular formula is C14H18O3. The molecule has 1 aliphatic carbocycles. The van der Waals surface area contributed by atoms with Crippen LogP contribution in [0.2, 0.25) is 0 Å². The monoisotopic (exact) mass is 236 g/mol. The fraction of sp³-hybridized carbons (Fsp3) is 0.500. The predicted octanol–water partition coefficient (Wildman–Crippen LogP) is 2.54. The van der Waals surface area contributed by atoms with Crippen molar-refractivity contribution >= 4 is 5.97 Å². The maximum Gasteiger partial charge on any atom is 0.340 e. The third-order valence-electron chi connectivity index (χ3n) is 3.72. The zero-order chi connectivity index (χ0) is 13.0. The Kier molecular flexibility index (Phi) is 3.10. The highest BCUT2D eigenvalue weighted by Crippen LogP contribution is 2.39. The molecule has 0 amide bonds. The van der Waals surface area contributed by atoms with Crippen LogP contribution in [-0.4, -0.2) is 16.2 Å². The van der Waals surface area contributed by atoms with Crippen LogP contribution in [0.1, 0.15) is 37.7 Å². The van der Waals surface area contributed by atoms with E-state index in [1.54, 1.807) is 24.3 Å². The van der Waals surface area contributed by atoms with Gasteiger partial charge in [-0.05, 0) is 18.4 Å². The second-order valence-electron chi connectivity index (χ2n) is 4.75. The molecule has 0 spiro atoms. The van der Waals surface area contributed by atoms with Crippen LogP contribution in [0.5, 0.6) is 0 Å². The SMILES string of the molecule is [3H]OC(=O)C(O)(c1ccccc1)C1CCCCC1. The first-order valence-corrected chi connectivity index (χ1v) is 6.15. The molecule has 2 rings (SSSR count). The van der Waals surface area contributed by atoms with Crippen molar-refractivity contribution in [2.75, 3.05) is 0 Å². The van der Waals surface area contributed by atoms with E-state index in [4.69, 9.17) is 1.43 Å². The van der Waals surface area contributed by atoms with Gasteiger partial charge in [0.15, 0.2) is 5.60 Å². The molecule has 3 heteroatoms. The Balaban J connectivity index is 2.36. The van der Waals surface area contributed by atoms with Crippen LogP contribution in [-0.2, 0) is 10.4 Å². The van der Waals surface area contributed by atoms with Gasteiger partial charge in [0.05, 0.1) is 0 Å². The van der Waals surface area contributed by atoms with E-state index in [9.17, 15) is 9.90 Å². The molecule has 3 nitrogen and oxygen atoms in total. The standard InChI is InChI=1S/C14H18O3/c15-13(16)14(17,11-7-3-1-4-8-11)12-9-5-2-6-10-12/h1,3-4,7-8,12,17H,2,5-6,9-10H2,(H,15,16)/i/hT. The summed E-state index contributed by atoms with van der Waals surface area (Å²) in [6.07, 6.45) is 4.73. The minimum absolute atomic E-state index is 0.161. The number of rotatable bonds is 3. The molecule has 1 fully saturated rings. The lowest BCUT2D eigenvalue weighted by Gasteiger charge is -2.35. The number of aliphatic hydroxyl groups is 1. The van der Waals surface area contributed by atoms with Crippen molar-refractivity contribution in [3.05, 3.63) is 35.9 Å². The van der Waals surface area contributed by atoms with E-state index in [2.05, 4.69) is 5.11 Å². The molecule has 2 N–H and O–H groups in total. The van der Waals surface area contributed by atoms with E-state index >= 15 is 0 Å². The summed E-state index contributed by atoms with van der Waals surface area (Å²) in [4.78, 5) is 11.9. The average Bonchev–Trinajstić information content (AvgIpc) is 2.47. The van der Waals surface area contributed by atoms with E-state index in [1.165, 1.54) is 0 Å². The number of carbonyl (C=O) groups is 1. The fourth-order valence-corrected chi connectivity index (χ4v) is 2.73. The quantitative estimate of drug-likeness (QED) is 0.848. The first-order valence-electron chi connectivity index (χ1n) is 6.56. The number of hydrogen-bond acceptors (Lipinski definition) is 3. The van der Waals surface area contributed by atoms with Crippen LogP contribution in [0.3, 0.4) is 0 Å². The van der Waals surface area contributed by atoms with Crippen LogP contribution in [0.25, 0.3) is 1.43 Å². The minimum atomic E-state index is -1.68. The summed E-state index contributed by atoms with van der Waals surface area (Å²) in [5, 5.41) is 14.9. The largest absolute Gasteiger partial charge is 0.479 e. The summed E-state index contributed by atoms with van der Waals surface area (Å²) >= 11 is 0. The minimum Gasteiger partial charge on any atom is -0.479 e. The summed E-state index contributed by atoms with van der Waals surface area (Å²) in [6, 6.07) is 8.81. The Bertz CT molecular complexity index is 401. The van der Waals surface area contributed by atoms with Crippen LogP contribution in [0.15, 0.2) is 30.3 Å². The van der Waals surface area contributed by atoms with Gasteiger partial charge in [0.25, 0.3) is 1.43 Å². The molecule has 1 aromatic rings. The number of benzene rings is 1. The molecular weight excluding hydrogens is 216 g/mol. The van der Waals surface area contributed by atoms with Crippen molar-refractivity contribution < 1.29 is 15.0 Å². The number of carboxylic acids is 1. The van der Waals surface area contributed by atoms with Gasteiger partial charge < -0.3 is 10.2 Å². The molecule has 17 heavy (non-hydrogen) atoms. The summed E-state index contributed by atoms with van der Waals surface area (Å²) in [5.74, 6) is -1.04. The Labute approximate surface area is 103 Å². The van der Waals surface area contributed by atoms with Gasteiger partial charge in [-0.25, -0.2) is 4.79 Å². The Hall–Kier alpha value is -1.35. The summed E-state index contributed by atoms with van der Waals surface area (Å²) in [7, 11) is 0. The van der Waals surface area contributed by atoms with E-state index in [0.29, 0.717) is 5.56 Å². The second kappa shape index (κ2) is 4.88. The highest BCUT2D eigenvalue weighted by atomic mass is 16.4. The Morgan fingerprint density at radius 1 is 1.24 bits per heavy atom. The third-order valence-corrected chi connectivity index (χ3v) is 3.72. The van der Waals surface area contributed by atoms with E-state index in [1.807, 2.05) is 6.07 Å². The Morgan fingerprint density at radius 2 is 1.88 bits per heavy atom. The molecule has 0 aliphatic heterocycles. The lowest BCUT2D eigenvalue weighted by Crippen LogP contribution is -2.43. The second-order valence-corrected chi connectivity index (χ2v) is 4.75. The van der Waals surface area contributed by atoms with Gasteiger partial charge in [-0.1, -0.05) is 49.6 Å². The van der Waals surface area contributed by atoms with E-state index in [-0.39, 0.29) is 5.92 Å². The molecule has 0 saturated heterocycles. The van der Waals surface area contributed by atoms with Crippen LogP contribution >= 0.6 is 0 Å². The fourth-order valence-electron chi connectivity index (χ4n) is 2.73. The average molecular weight is 236 g/mol. The molecule has 0 heterocycles. The number of carboxylic acid groups (broad SMARTS) is 1. The molecule has 0 bridgehead atoms. The first-order chi connectivity index (χ1) is 8.69. The highest BCUT2D eigenvalue weighted by Gasteiger charge is 2.45. The van der Waals surface area contributed by atoms with Crippen molar-refractivity contribution in [2.24, 2.45) is 5.92 Å². The lowest BCUT2D eigenvalue weighted by molar-refractivity contribution is -0.168. The van der Waals surface area contributed by atoms with Gasteiger partial charge in [0, 0.05) is 5.92 Å². The highest BCUT2D eigenvalue weighted by molar-refractivity contribution is 5.79. The predicted molar refractivity (Wildman–Crippen MR) is 64.5 cm³/mol. The zero-order valence-corrected chi connectivity index (χ0v) is 9.76. The summed E-state index contributed by atoms with van der Waals surface area (Å²) < 4.78 is 6.82. The van der Waals surface area contributed by atoms with Crippen molar-refractivity contribution in [3.63, 3.8) is 0 Å². The van der Waals surface area contributed by atoms with Gasteiger partial charge >= 0.3 is 5.97 Å². The van der Waals surface area contributed by atoms with Crippen molar-refractivity contribution in [1.29, 1.82) is 1.43 Å². The molecule has 1 atom stereocenters. The molecule has 0 radical (unpaired) electrons. The van der Waals surface area contributed by atoms with Gasteiger partial charge in [-0.15, -0.1) is 0 Å². The Morgan fingerprint density at radius 3 is 2.47 bits per heavy atom.